The van der Waals surface area contributed by atoms with Crippen molar-refractivity contribution in [2.75, 3.05) is 12.3 Å². The zero-order chi connectivity index (χ0) is 13.0. The molecule has 0 spiro atoms. The van der Waals surface area contributed by atoms with Crippen LogP contribution in [0.2, 0.25) is 0 Å². The molecule has 2 rings (SSSR count). The maximum Gasteiger partial charge on any atom is 0.205 e. The summed E-state index contributed by atoms with van der Waals surface area (Å²) in [4.78, 5) is 4.27. The highest BCUT2D eigenvalue weighted by Gasteiger charge is 2.31. The summed E-state index contributed by atoms with van der Waals surface area (Å²) < 4.78 is 23.3. The molecule has 1 saturated heterocycles. The van der Waals surface area contributed by atoms with Gasteiger partial charge in [-0.25, -0.2) is 14.3 Å². The molecular weight excluding hydrogens is 252 g/mol. The molecule has 18 heavy (non-hydrogen) atoms. The van der Waals surface area contributed by atoms with Gasteiger partial charge in [-0.05, 0) is 25.7 Å². The quantitative estimate of drug-likeness (QED) is 0.289. The summed E-state index contributed by atoms with van der Waals surface area (Å²) in [5.41, 5.74) is 2.52. The molecule has 1 aliphatic carbocycles. The van der Waals surface area contributed by atoms with Gasteiger partial charge in [0.2, 0.25) is 5.96 Å². The number of hydrogen-bond acceptors (Lipinski definition) is 4. The number of sulfone groups is 1. The molecule has 4 N–H and O–H groups in total. The molecule has 0 aromatic carbocycles. The fourth-order valence-corrected chi connectivity index (χ4v) is 4.38. The largest absolute Gasteiger partial charge is 0.353 e. The number of hydrogen-bond donors (Lipinski definition) is 3. The maximum atomic E-state index is 11.7. The van der Waals surface area contributed by atoms with Gasteiger partial charge in [0.25, 0.3) is 0 Å². The predicted molar refractivity (Wildman–Crippen MR) is 71.8 cm³/mol. The Hall–Kier alpha value is -0.820. The van der Waals surface area contributed by atoms with E-state index in [1.807, 2.05) is 0 Å². The van der Waals surface area contributed by atoms with Gasteiger partial charge < -0.3 is 5.32 Å². The lowest BCUT2D eigenvalue weighted by molar-refractivity contribution is 0.588. The summed E-state index contributed by atoms with van der Waals surface area (Å²) in [5.74, 6) is 6.23. The van der Waals surface area contributed by atoms with Crippen molar-refractivity contribution in [2.24, 2.45) is 10.8 Å². The Labute approximate surface area is 108 Å². The monoisotopic (exact) mass is 274 g/mol. The second kappa shape index (κ2) is 5.88. The van der Waals surface area contributed by atoms with Gasteiger partial charge in [0.1, 0.15) is 0 Å². The van der Waals surface area contributed by atoms with E-state index in [1.54, 1.807) is 0 Å². The molecule has 0 bridgehead atoms. The highest BCUT2D eigenvalue weighted by molar-refractivity contribution is 7.92. The number of aliphatic imine (C=N–C) groups is 1. The third-order valence-corrected chi connectivity index (χ3v) is 6.01. The van der Waals surface area contributed by atoms with Crippen LogP contribution in [0.1, 0.15) is 38.5 Å². The molecule has 2 aliphatic rings. The van der Waals surface area contributed by atoms with E-state index in [2.05, 4.69) is 15.7 Å². The SMILES string of the molecule is NNC(=NCC1CCCS1(=O)=O)NC1CCCC1. The Morgan fingerprint density at radius 3 is 2.50 bits per heavy atom. The molecule has 1 aliphatic heterocycles. The van der Waals surface area contributed by atoms with Crippen LogP contribution in [0.25, 0.3) is 0 Å². The van der Waals surface area contributed by atoms with Crippen molar-refractivity contribution in [2.45, 2.75) is 49.8 Å². The van der Waals surface area contributed by atoms with E-state index in [0.29, 0.717) is 30.7 Å². The molecule has 1 unspecified atom stereocenters. The number of hydrazine groups is 1. The van der Waals surface area contributed by atoms with Crippen LogP contribution < -0.4 is 16.6 Å². The van der Waals surface area contributed by atoms with Gasteiger partial charge in [-0.3, -0.25) is 10.4 Å². The molecule has 6 nitrogen and oxygen atoms in total. The van der Waals surface area contributed by atoms with Gasteiger partial charge in [-0.15, -0.1) is 0 Å². The first-order valence-corrected chi connectivity index (χ1v) is 8.32. The smallest absolute Gasteiger partial charge is 0.205 e. The average molecular weight is 274 g/mol. The second-order valence-electron chi connectivity index (χ2n) is 5.09. The van der Waals surface area contributed by atoms with Crippen molar-refractivity contribution in [3.63, 3.8) is 0 Å². The summed E-state index contributed by atoms with van der Waals surface area (Å²) >= 11 is 0. The van der Waals surface area contributed by atoms with Crippen LogP contribution in [-0.4, -0.2) is 38.0 Å². The first kappa shape index (κ1) is 13.6. The summed E-state index contributed by atoms with van der Waals surface area (Å²) in [6.07, 6.45) is 6.18. The fourth-order valence-electron chi connectivity index (χ4n) is 2.65. The van der Waals surface area contributed by atoms with Crippen molar-refractivity contribution < 1.29 is 8.42 Å². The minimum Gasteiger partial charge on any atom is -0.353 e. The lowest BCUT2D eigenvalue weighted by Gasteiger charge is -2.15. The topological polar surface area (TPSA) is 96.6 Å². The number of nitrogens with one attached hydrogen (secondary N) is 2. The van der Waals surface area contributed by atoms with E-state index in [-0.39, 0.29) is 5.25 Å². The fraction of sp³-hybridized carbons (Fsp3) is 0.909. The zero-order valence-corrected chi connectivity index (χ0v) is 11.4. The average Bonchev–Trinajstić information content (AvgIpc) is 2.94. The number of guanidine groups is 1. The number of nitrogens with two attached hydrogens (primary N) is 1. The van der Waals surface area contributed by atoms with Gasteiger partial charge in [0.05, 0.1) is 17.5 Å². The minimum atomic E-state index is -2.92. The van der Waals surface area contributed by atoms with Gasteiger partial charge >= 0.3 is 0 Å². The lowest BCUT2D eigenvalue weighted by atomic mass is 10.2. The molecule has 1 atom stereocenters. The van der Waals surface area contributed by atoms with Crippen LogP contribution in [0, 0.1) is 0 Å². The zero-order valence-electron chi connectivity index (χ0n) is 10.6. The van der Waals surface area contributed by atoms with Crippen LogP contribution in [0.4, 0.5) is 0 Å². The van der Waals surface area contributed by atoms with Crippen molar-refractivity contribution >= 4 is 15.8 Å². The summed E-state index contributed by atoms with van der Waals surface area (Å²) in [6.45, 7) is 0.307. The molecule has 104 valence electrons. The Morgan fingerprint density at radius 1 is 1.22 bits per heavy atom. The van der Waals surface area contributed by atoms with Crippen LogP contribution in [-0.2, 0) is 9.84 Å². The molecule has 0 amide bonds. The molecule has 0 radical (unpaired) electrons. The standard InChI is InChI=1S/C11H22N4O2S/c12-15-11(14-9-4-1-2-5-9)13-8-10-6-3-7-18(10,16)17/h9-10H,1-8,12H2,(H2,13,14,15). The Balaban J connectivity index is 1.89. The Kier molecular flexibility index (Phi) is 4.45. The van der Waals surface area contributed by atoms with E-state index in [4.69, 9.17) is 5.84 Å². The van der Waals surface area contributed by atoms with E-state index in [1.165, 1.54) is 12.8 Å². The van der Waals surface area contributed by atoms with Crippen LogP contribution in [0.3, 0.4) is 0 Å². The molecule has 1 saturated carbocycles. The highest BCUT2D eigenvalue weighted by Crippen LogP contribution is 2.20. The molecule has 1 heterocycles. The van der Waals surface area contributed by atoms with E-state index < -0.39 is 9.84 Å². The van der Waals surface area contributed by atoms with Crippen LogP contribution in [0.5, 0.6) is 0 Å². The Morgan fingerprint density at radius 2 is 1.94 bits per heavy atom. The molecule has 2 fully saturated rings. The maximum absolute atomic E-state index is 11.7. The molecular formula is C11H22N4O2S. The predicted octanol–water partition coefficient (Wildman–Crippen LogP) is -0.0849. The van der Waals surface area contributed by atoms with Crippen molar-refractivity contribution in [3.05, 3.63) is 0 Å². The normalized spacial score (nSPS) is 28.5. The summed E-state index contributed by atoms with van der Waals surface area (Å²) in [7, 11) is -2.92. The first-order chi connectivity index (χ1) is 8.62. The summed E-state index contributed by atoms with van der Waals surface area (Å²) in [6, 6.07) is 0.417. The highest BCUT2D eigenvalue weighted by atomic mass is 32.2. The lowest BCUT2D eigenvalue weighted by Crippen LogP contribution is -2.46. The van der Waals surface area contributed by atoms with Gasteiger partial charge in [-0.1, -0.05) is 12.8 Å². The molecule has 7 heteroatoms. The molecule has 0 aromatic rings. The van der Waals surface area contributed by atoms with Crippen LogP contribution in [0.15, 0.2) is 4.99 Å². The summed E-state index contributed by atoms with van der Waals surface area (Å²) in [5, 5.41) is 2.91. The van der Waals surface area contributed by atoms with Crippen molar-refractivity contribution in [3.8, 4) is 0 Å². The van der Waals surface area contributed by atoms with Gasteiger partial charge in [0, 0.05) is 6.04 Å². The number of nitrogens with zero attached hydrogens (tertiary/aromatic N) is 1. The second-order valence-corrected chi connectivity index (χ2v) is 7.49. The minimum absolute atomic E-state index is 0.300. The van der Waals surface area contributed by atoms with Crippen LogP contribution >= 0.6 is 0 Å². The molecule has 0 aromatic heterocycles. The number of rotatable bonds is 3. The van der Waals surface area contributed by atoms with E-state index in [0.717, 1.165) is 19.3 Å². The van der Waals surface area contributed by atoms with Crippen molar-refractivity contribution in [1.29, 1.82) is 0 Å². The first-order valence-electron chi connectivity index (χ1n) is 6.61. The van der Waals surface area contributed by atoms with E-state index >= 15 is 0 Å². The van der Waals surface area contributed by atoms with Crippen molar-refractivity contribution in [1.82, 2.24) is 10.7 Å². The van der Waals surface area contributed by atoms with Gasteiger partial charge in [-0.2, -0.15) is 0 Å². The Bertz CT molecular complexity index is 401. The van der Waals surface area contributed by atoms with Gasteiger partial charge in [0.15, 0.2) is 9.84 Å². The third kappa shape index (κ3) is 3.35. The third-order valence-electron chi connectivity index (χ3n) is 3.75. The van der Waals surface area contributed by atoms with E-state index in [9.17, 15) is 8.42 Å².